The standard InChI is InChI=1S/C11H14FNO2S/c12-4-1-5-13-6-2-9-8(3-7-16-9)10(13)11(14)15/h3,7,10H,1-2,4-6H2,(H,14,15). The quantitative estimate of drug-likeness (QED) is 0.880. The molecule has 2 heterocycles. The smallest absolute Gasteiger partial charge is 0.325 e. The average molecular weight is 243 g/mol. The summed E-state index contributed by atoms with van der Waals surface area (Å²) in [6.07, 6.45) is 1.28. The van der Waals surface area contributed by atoms with Crippen molar-refractivity contribution in [1.29, 1.82) is 0 Å². The second-order valence-corrected chi connectivity index (χ2v) is 4.87. The molecular formula is C11H14FNO2S. The Hall–Kier alpha value is -0.940. The Balaban J connectivity index is 2.20. The van der Waals surface area contributed by atoms with E-state index >= 15 is 0 Å². The number of carboxylic acid groups (broad SMARTS) is 1. The van der Waals surface area contributed by atoms with Crippen LogP contribution in [0.15, 0.2) is 11.4 Å². The molecule has 1 aromatic rings. The number of rotatable bonds is 4. The summed E-state index contributed by atoms with van der Waals surface area (Å²) in [7, 11) is 0. The minimum atomic E-state index is -0.835. The maximum Gasteiger partial charge on any atom is 0.325 e. The molecule has 0 spiro atoms. The average Bonchev–Trinajstić information content (AvgIpc) is 2.72. The molecule has 1 atom stereocenters. The van der Waals surface area contributed by atoms with Gasteiger partial charge in [0, 0.05) is 18.0 Å². The van der Waals surface area contributed by atoms with Crippen LogP contribution in [0.4, 0.5) is 4.39 Å². The van der Waals surface area contributed by atoms with Gasteiger partial charge in [-0.3, -0.25) is 14.1 Å². The second kappa shape index (κ2) is 4.93. The Bertz CT molecular complexity index is 380. The number of alkyl halides is 1. The van der Waals surface area contributed by atoms with Crippen molar-refractivity contribution in [3.05, 3.63) is 21.9 Å². The lowest BCUT2D eigenvalue weighted by Crippen LogP contribution is -2.39. The maximum atomic E-state index is 12.1. The second-order valence-electron chi connectivity index (χ2n) is 3.87. The first kappa shape index (κ1) is 11.5. The van der Waals surface area contributed by atoms with Crippen molar-refractivity contribution in [3.8, 4) is 0 Å². The number of hydrogen-bond acceptors (Lipinski definition) is 3. The molecule has 1 unspecified atom stereocenters. The van der Waals surface area contributed by atoms with Gasteiger partial charge in [-0.1, -0.05) is 0 Å². The molecule has 1 aliphatic rings. The third-order valence-corrected chi connectivity index (χ3v) is 3.88. The summed E-state index contributed by atoms with van der Waals surface area (Å²) in [5.41, 5.74) is 0.891. The van der Waals surface area contributed by atoms with Crippen LogP contribution in [0.2, 0.25) is 0 Å². The van der Waals surface area contributed by atoms with E-state index in [1.54, 1.807) is 11.3 Å². The molecule has 16 heavy (non-hydrogen) atoms. The Morgan fingerprint density at radius 2 is 2.50 bits per heavy atom. The molecule has 0 saturated heterocycles. The summed E-state index contributed by atoms with van der Waals surface area (Å²) in [6, 6.07) is 1.29. The van der Waals surface area contributed by atoms with Crippen LogP contribution in [-0.2, 0) is 11.2 Å². The fourth-order valence-electron chi connectivity index (χ4n) is 2.16. The van der Waals surface area contributed by atoms with E-state index in [-0.39, 0.29) is 6.67 Å². The third kappa shape index (κ3) is 2.10. The Labute approximate surface area is 97.5 Å². The number of halogens is 1. The fraction of sp³-hybridized carbons (Fsp3) is 0.545. The van der Waals surface area contributed by atoms with Gasteiger partial charge in [0.25, 0.3) is 0 Å². The minimum absolute atomic E-state index is 0.390. The number of hydrogen-bond donors (Lipinski definition) is 1. The van der Waals surface area contributed by atoms with E-state index < -0.39 is 12.0 Å². The van der Waals surface area contributed by atoms with Gasteiger partial charge in [-0.15, -0.1) is 11.3 Å². The molecule has 0 amide bonds. The minimum Gasteiger partial charge on any atom is -0.480 e. The van der Waals surface area contributed by atoms with Crippen LogP contribution in [0, 0.1) is 0 Å². The largest absolute Gasteiger partial charge is 0.480 e. The molecule has 0 radical (unpaired) electrons. The molecule has 1 N–H and O–H groups in total. The number of aliphatic carboxylic acids is 1. The van der Waals surface area contributed by atoms with E-state index in [9.17, 15) is 14.3 Å². The van der Waals surface area contributed by atoms with Crippen molar-refractivity contribution >= 4 is 17.3 Å². The molecule has 0 aliphatic carbocycles. The monoisotopic (exact) mass is 243 g/mol. The van der Waals surface area contributed by atoms with Gasteiger partial charge in [-0.05, 0) is 29.9 Å². The first-order chi connectivity index (χ1) is 7.74. The van der Waals surface area contributed by atoms with Crippen molar-refractivity contribution in [1.82, 2.24) is 4.90 Å². The fourth-order valence-corrected chi connectivity index (χ4v) is 3.07. The highest BCUT2D eigenvalue weighted by Crippen LogP contribution is 2.33. The summed E-state index contributed by atoms with van der Waals surface area (Å²) < 4.78 is 12.1. The summed E-state index contributed by atoms with van der Waals surface area (Å²) in [4.78, 5) is 14.3. The molecule has 0 bridgehead atoms. The summed E-state index contributed by atoms with van der Waals surface area (Å²) >= 11 is 1.61. The SMILES string of the molecule is O=C(O)C1c2ccsc2CCN1CCCF. The Morgan fingerprint density at radius 3 is 3.19 bits per heavy atom. The summed E-state index contributed by atoms with van der Waals surface area (Å²) in [6.45, 7) is 0.840. The highest BCUT2D eigenvalue weighted by Gasteiger charge is 2.33. The van der Waals surface area contributed by atoms with Crippen molar-refractivity contribution in [3.63, 3.8) is 0 Å². The van der Waals surface area contributed by atoms with Crippen LogP contribution in [-0.4, -0.2) is 35.7 Å². The van der Waals surface area contributed by atoms with Gasteiger partial charge in [0.15, 0.2) is 0 Å². The molecule has 2 rings (SSSR count). The molecule has 3 nitrogen and oxygen atoms in total. The molecule has 0 aromatic carbocycles. The first-order valence-electron chi connectivity index (χ1n) is 5.33. The number of thiophene rings is 1. The van der Waals surface area contributed by atoms with Crippen molar-refractivity contribution < 1.29 is 14.3 Å². The predicted molar refractivity (Wildman–Crippen MR) is 60.6 cm³/mol. The van der Waals surface area contributed by atoms with Gasteiger partial charge in [0.05, 0.1) is 6.67 Å². The van der Waals surface area contributed by atoms with E-state index in [4.69, 9.17) is 0 Å². The van der Waals surface area contributed by atoms with Crippen LogP contribution >= 0.6 is 11.3 Å². The number of fused-ring (bicyclic) bond motifs is 1. The zero-order chi connectivity index (χ0) is 11.5. The number of carboxylic acids is 1. The van der Waals surface area contributed by atoms with E-state index in [0.717, 1.165) is 16.9 Å². The Morgan fingerprint density at radius 1 is 1.69 bits per heavy atom. The van der Waals surface area contributed by atoms with Gasteiger partial charge in [0.1, 0.15) is 6.04 Å². The highest BCUT2D eigenvalue weighted by atomic mass is 32.1. The van der Waals surface area contributed by atoms with Crippen LogP contribution in [0.1, 0.15) is 22.9 Å². The van der Waals surface area contributed by atoms with Crippen LogP contribution in [0.5, 0.6) is 0 Å². The zero-order valence-electron chi connectivity index (χ0n) is 8.86. The number of nitrogens with zero attached hydrogens (tertiary/aromatic N) is 1. The van der Waals surface area contributed by atoms with Crippen molar-refractivity contribution in [2.75, 3.05) is 19.8 Å². The molecular weight excluding hydrogens is 229 g/mol. The van der Waals surface area contributed by atoms with Gasteiger partial charge in [-0.25, -0.2) is 0 Å². The van der Waals surface area contributed by atoms with Crippen LogP contribution < -0.4 is 0 Å². The van der Waals surface area contributed by atoms with E-state index in [1.807, 2.05) is 16.3 Å². The van der Waals surface area contributed by atoms with Crippen molar-refractivity contribution in [2.24, 2.45) is 0 Å². The number of carbonyl (C=O) groups is 1. The van der Waals surface area contributed by atoms with E-state index in [0.29, 0.717) is 19.5 Å². The third-order valence-electron chi connectivity index (χ3n) is 2.88. The van der Waals surface area contributed by atoms with Gasteiger partial charge >= 0.3 is 5.97 Å². The topological polar surface area (TPSA) is 40.5 Å². The normalized spacial score (nSPS) is 20.7. The van der Waals surface area contributed by atoms with Crippen LogP contribution in [0.3, 0.4) is 0 Å². The van der Waals surface area contributed by atoms with Crippen molar-refractivity contribution in [2.45, 2.75) is 18.9 Å². The van der Waals surface area contributed by atoms with Gasteiger partial charge in [0.2, 0.25) is 0 Å². The summed E-state index contributed by atoms with van der Waals surface area (Å²) in [5.74, 6) is -0.835. The molecule has 0 fully saturated rings. The molecule has 0 saturated carbocycles. The molecule has 88 valence electrons. The van der Waals surface area contributed by atoms with Crippen LogP contribution in [0.25, 0.3) is 0 Å². The van der Waals surface area contributed by atoms with Gasteiger partial charge < -0.3 is 5.11 Å². The lowest BCUT2D eigenvalue weighted by molar-refractivity contribution is -0.144. The van der Waals surface area contributed by atoms with E-state index in [1.165, 1.54) is 0 Å². The molecule has 1 aromatic heterocycles. The van der Waals surface area contributed by atoms with Gasteiger partial charge in [-0.2, -0.15) is 0 Å². The predicted octanol–water partition coefficient (Wildman–Crippen LogP) is 2.09. The first-order valence-corrected chi connectivity index (χ1v) is 6.21. The lowest BCUT2D eigenvalue weighted by Gasteiger charge is -2.32. The Kier molecular flexibility index (Phi) is 3.56. The van der Waals surface area contributed by atoms with E-state index in [2.05, 4.69) is 0 Å². The molecule has 1 aliphatic heterocycles. The maximum absolute atomic E-state index is 12.1. The molecule has 5 heteroatoms. The lowest BCUT2D eigenvalue weighted by atomic mass is 10.00. The zero-order valence-corrected chi connectivity index (χ0v) is 9.67. The highest BCUT2D eigenvalue weighted by molar-refractivity contribution is 7.10. The summed E-state index contributed by atoms with van der Waals surface area (Å²) in [5, 5.41) is 11.2.